The maximum absolute atomic E-state index is 12.0. The normalized spacial score (nSPS) is 10.6. The fourth-order valence-electron chi connectivity index (χ4n) is 2.28. The highest BCUT2D eigenvalue weighted by Crippen LogP contribution is 2.21. The van der Waals surface area contributed by atoms with Gasteiger partial charge in [-0.15, -0.1) is 10.2 Å². The monoisotopic (exact) mass is 353 g/mol. The van der Waals surface area contributed by atoms with Crippen LogP contribution in [-0.2, 0) is 18.4 Å². The summed E-state index contributed by atoms with van der Waals surface area (Å²) >= 11 is 1.37. The largest absolute Gasteiger partial charge is 0.351 e. The molecule has 0 spiro atoms. The van der Waals surface area contributed by atoms with Crippen molar-refractivity contribution in [2.24, 2.45) is 7.05 Å². The molecule has 0 bridgehead atoms. The summed E-state index contributed by atoms with van der Waals surface area (Å²) in [5, 5.41) is 12.0. The van der Waals surface area contributed by atoms with Gasteiger partial charge in [-0.2, -0.15) is 0 Å². The van der Waals surface area contributed by atoms with Crippen LogP contribution in [0.4, 0.5) is 0 Å². The number of thioether (sulfide) groups is 1. The Kier molecular flexibility index (Phi) is 5.45. The highest BCUT2D eigenvalue weighted by Gasteiger charge is 2.12. The van der Waals surface area contributed by atoms with Crippen LogP contribution in [0.5, 0.6) is 0 Å². The summed E-state index contributed by atoms with van der Waals surface area (Å²) in [6, 6.07) is 11.9. The maximum Gasteiger partial charge on any atom is 0.230 e. The molecule has 0 unspecified atom stereocenters. The quantitative estimate of drug-likeness (QED) is 0.690. The molecule has 3 rings (SSSR count). The smallest absolute Gasteiger partial charge is 0.230 e. The molecule has 2 aromatic heterocycles. The van der Waals surface area contributed by atoms with Crippen molar-refractivity contribution in [2.45, 2.75) is 18.6 Å². The topological polar surface area (TPSA) is 72.7 Å². The molecule has 0 aliphatic carbocycles. The number of nitrogens with zero attached hydrogens (tertiary/aromatic N) is 4. The number of carbonyl (C=O) groups is 1. The van der Waals surface area contributed by atoms with E-state index in [-0.39, 0.29) is 5.91 Å². The SMILES string of the molecule is Cc1ccc(CNC(=O)CSc2nnc(-c3ccncc3)n2C)cc1. The molecule has 0 radical (unpaired) electrons. The molecule has 1 N–H and O–H groups in total. The van der Waals surface area contributed by atoms with Gasteiger partial charge < -0.3 is 9.88 Å². The fraction of sp³-hybridized carbons (Fsp3) is 0.222. The Hall–Kier alpha value is -2.67. The van der Waals surface area contributed by atoms with Crippen molar-refractivity contribution in [2.75, 3.05) is 5.75 Å². The summed E-state index contributed by atoms with van der Waals surface area (Å²) in [6.45, 7) is 2.57. The van der Waals surface area contributed by atoms with Crippen molar-refractivity contribution < 1.29 is 4.79 Å². The molecule has 128 valence electrons. The van der Waals surface area contributed by atoms with E-state index in [2.05, 4.69) is 20.5 Å². The van der Waals surface area contributed by atoms with Crippen LogP contribution in [0.15, 0.2) is 53.9 Å². The first-order chi connectivity index (χ1) is 12.1. The van der Waals surface area contributed by atoms with Gasteiger partial charge in [-0.1, -0.05) is 41.6 Å². The van der Waals surface area contributed by atoms with Gasteiger partial charge in [-0.25, -0.2) is 0 Å². The number of hydrogen-bond acceptors (Lipinski definition) is 5. The summed E-state index contributed by atoms with van der Waals surface area (Å²) in [6.07, 6.45) is 3.44. The van der Waals surface area contributed by atoms with E-state index < -0.39 is 0 Å². The zero-order valence-electron chi connectivity index (χ0n) is 14.1. The number of pyridine rings is 1. The van der Waals surface area contributed by atoms with E-state index in [1.165, 1.54) is 17.3 Å². The summed E-state index contributed by atoms with van der Waals surface area (Å²) in [5.41, 5.74) is 3.24. The van der Waals surface area contributed by atoms with Gasteiger partial charge in [-0.3, -0.25) is 9.78 Å². The molecule has 1 amide bonds. The zero-order chi connectivity index (χ0) is 17.6. The number of rotatable bonds is 6. The zero-order valence-corrected chi connectivity index (χ0v) is 15.0. The van der Waals surface area contributed by atoms with Crippen molar-refractivity contribution in [1.82, 2.24) is 25.1 Å². The lowest BCUT2D eigenvalue weighted by Gasteiger charge is -2.06. The van der Waals surface area contributed by atoms with Crippen LogP contribution in [0, 0.1) is 6.92 Å². The first-order valence-electron chi connectivity index (χ1n) is 7.88. The molecule has 0 fully saturated rings. The molecule has 0 saturated heterocycles. The van der Waals surface area contributed by atoms with E-state index in [0.29, 0.717) is 17.5 Å². The second-order valence-corrected chi connectivity index (χ2v) is 6.59. The number of carbonyl (C=O) groups excluding carboxylic acids is 1. The molecule has 2 heterocycles. The molecule has 1 aromatic carbocycles. The third-order valence-corrected chi connectivity index (χ3v) is 4.74. The summed E-state index contributed by atoms with van der Waals surface area (Å²) in [7, 11) is 1.89. The Morgan fingerprint density at radius 3 is 2.56 bits per heavy atom. The van der Waals surface area contributed by atoms with Crippen molar-refractivity contribution in [3.63, 3.8) is 0 Å². The van der Waals surface area contributed by atoms with Gasteiger partial charge in [-0.05, 0) is 24.6 Å². The van der Waals surface area contributed by atoms with Crippen molar-refractivity contribution in [1.29, 1.82) is 0 Å². The number of aromatic nitrogens is 4. The third kappa shape index (κ3) is 4.45. The second kappa shape index (κ2) is 7.94. The molecule has 3 aromatic rings. The predicted octanol–water partition coefficient (Wildman–Crippen LogP) is 2.59. The van der Waals surface area contributed by atoms with Gasteiger partial charge in [0, 0.05) is 31.5 Å². The molecule has 0 aliphatic heterocycles. The molecular weight excluding hydrogens is 334 g/mol. The van der Waals surface area contributed by atoms with Gasteiger partial charge in [0.2, 0.25) is 5.91 Å². The van der Waals surface area contributed by atoms with Crippen LogP contribution in [0.3, 0.4) is 0 Å². The lowest BCUT2D eigenvalue weighted by Crippen LogP contribution is -2.24. The van der Waals surface area contributed by atoms with Crippen molar-refractivity contribution >= 4 is 17.7 Å². The molecule has 0 saturated carbocycles. The van der Waals surface area contributed by atoms with E-state index in [1.54, 1.807) is 12.4 Å². The van der Waals surface area contributed by atoms with E-state index in [9.17, 15) is 4.79 Å². The van der Waals surface area contributed by atoms with Crippen LogP contribution < -0.4 is 5.32 Å². The summed E-state index contributed by atoms with van der Waals surface area (Å²) < 4.78 is 1.88. The first-order valence-corrected chi connectivity index (χ1v) is 8.87. The lowest BCUT2D eigenvalue weighted by atomic mass is 10.1. The van der Waals surface area contributed by atoms with Gasteiger partial charge >= 0.3 is 0 Å². The van der Waals surface area contributed by atoms with Gasteiger partial charge in [0.1, 0.15) is 0 Å². The number of benzene rings is 1. The minimum atomic E-state index is -0.0287. The van der Waals surface area contributed by atoms with E-state index in [1.807, 2.05) is 54.9 Å². The van der Waals surface area contributed by atoms with Crippen LogP contribution in [0.2, 0.25) is 0 Å². The lowest BCUT2D eigenvalue weighted by molar-refractivity contribution is -0.118. The summed E-state index contributed by atoms with van der Waals surface area (Å²) in [4.78, 5) is 16.0. The summed E-state index contributed by atoms with van der Waals surface area (Å²) in [5.74, 6) is 1.03. The Morgan fingerprint density at radius 2 is 1.84 bits per heavy atom. The average molecular weight is 353 g/mol. The van der Waals surface area contributed by atoms with E-state index in [0.717, 1.165) is 17.0 Å². The van der Waals surface area contributed by atoms with Gasteiger partial charge in [0.05, 0.1) is 5.75 Å². The Balaban J connectivity index is 1.54. The van der Waals surface area contributed by atoms with Gasteiger partial charge in [0.15, 0.2) is 11.0 Å². The number of hydrogen-bond donors (Lipinski definition) is 1. The van der Waals surface area contributed by atoms with Crippen LogP contribution in [0.25, 0.3) is 11.4 Å². The molecule has 7 heteroatoms. The highest BCUT2D eigenvalue weighted by atomic mass is 32.2. The van der Waals surface area contributed by atoms with Crippen LogP contribution in [0.1, 0.15) is 11.1 Å². The first kappa shape index (κ1) is 17.2. The van der Waals surface area contributed by atoms with Crippen LogP contribution >= 0.6 is 11.8 Å². The number of aryl methyl sites for hydroxylation is 1. The Morgan fingerprint density at radius 1 is 1.12 bits per heavy atom. The van der Waals surface area contributed by atoms with Crippen molar-refractivity contribution in [3.05, 3.63) is 59.9 Å². The number of nitrogens with one attached hydrogen (secondary N) is 1. The predicted molar refractivity (Wildman–Crippen MR) is 98.0 cm³/mol. The number of amides is 1. The minimum absolute atomic E-state index is 0.0287. The third-order valence-electron chi connectivity index (χ3n) is 3.72. The Bertz CT molecular complexity index is 846. The molecule has 0 aliphatic rings. The van der Waals surface area contributed by atoms with Crippen molar-refractivity contribution in [3.8, 4) is 11.4 Å². The average Bonchev–Trinajstić information content (AvgIpc) is 3.01. The maximum atomic E-state index is 12.0. The minimum Gasteiger partial charge on any atom is -0.351 e. The molecular formula is C18H19N5OS. The standard InChI is InChI=1S/C18H19N5OS/c1-13-3-5-14(6-4-13)11-20-16(24)12-25-18-22-21-17(23(18)2)15-7-9-19-10-8-15/h3-10H,11-12H2,1-2H3,(H,20,24). The molecule has 25 heavy (non-hydrogen) atoms. The fourth-order valence-corrected chi connectivity index (χ4v) is 3.02. The molecule has 0 atom stereocenters. The van der Waals surface area contributed by atoms with Gasteiger partial charge in [0.25, 0.3) is 0 Å². The highest BCUT2D eigenvalue weighted by molar-refractivity contribution is 7.99. The van der Waals surface area contributed by atoms with E-state index in [4.69, 9.17) is 0 Å². The second-order valence-electron chi connectivity index (χ2n) is 5.65. The Labute approximate surface area is 150 Å². The van der Waals surface area contributed by atoms with E-state index >= 15 is 0 Å². The van der Waals surface area contributed by atoms with Crippen LogP contribution in [-0.4, -0.2) is 31.4 Å². The molecule has 6 nitrogen and oxygen atoms in total.